The Morgan fingerprint density at radius 1 is 0.273 bits per heavy atom. The molecule has 0 N–H and O–H groups in total. The van der Waals surface area contributed by atoms with E-state index in [1.54, 1.807) is 27.7 Å². The summed E-state index contributed by atoms with van der Waals surface area (Å²) >= 11 is 0. The number of unbranched alkanes of at least 4 members (excludes halogenated alkanes) is 21. The summed E-state index contributed by atoms with van der Waals surface area (Å²) in [5, 5.41) is 0. The fraction of sp³-hybridized carbons (Fsp3) is 0.889. The fourth-order valence-electron chi connectivity index (χ4n) is 7.91. The summed E-state index contributed by atoms with van der Waals surface area (Å²) in [5.41, 5.74) is 0. The van der Waals surface area contributed by atoms with Crippen molar-refractivity contribution in [1.82, 2.24) is 0 Å². The lowest BCUT2D eigenvalue weighted by Gasteiger charge is -2.27. The average molecular weight is 939 g/mol. The molecular formula is C54H98O12. The Morgan fingerprint density at radius 3 is 0.758 bits per heavy atom. The summed E-state index contributed by atoms with van der Waals surface area (Å²) in [6.07, 6.45) is 28.9. The topological polar surface area (TPSA) is 158 Å². The maximum absolute atomic E-state index is 12.3. The SMILES string of the molecule is CCCCCCCCC(OC(=O)CC)C(CCCCCCCC(=O)OCCCCCCOC(=O)CCCCCCCC(OC(=O)CC)C(CCCCCCCC)OC(=O)CC)OC(=O)CC. The van der Waals surface area contributed by atoms with E-state index in [1.807, 2.05) is 0 Å². The van der Waals surface area contributed by atoms with E-state index in [-0.39, 0.29) is 48.7 Å². The summed E-state index contributed by atoms with van der Waals surface area (Å²) in [5.74, 6) is -1.40. The van der Waals surface area contributed by atoms with Crippen LogP contribution in [0.4, 0.5) is 0 Å². The van der Waals surface area contributed by atoms with Crippen LogP contribution >= 0.6 is 0 Å². The molecule has 66 heavy (non-hydrogen) atoms. The highest BCUT2D eigenvalue weighted by molar-refractivity contribution is 5.71. The molecule has 0 amide bonds. The molecule has 0 fully saturated rings. The summed E-state index contributed by atoms with van der Waals surface area (Å²) in [4.78, 5) is 73.5. The Hall–Kier alpha value is -3.18. The highest BCUT2D eigenvalue weighted by Crippen LogP contribution is 2.23. The molecule has 4 unspecified atom stereocenters. The minimum absolute atomic E-state index is 0.172. The van der Waals surface area contributed by atoms with Crippen LogP contribution in [0.3, 0.4) is 0 Å². The highest BCUT2D eigenvalue weighted by Gasteiger charge is 2.29. The van der Waals surface area contributed by atoms with E-state index < -0.39 is 24.4 Å². The number of carbonyl (C=O) groups excluding carboxylic acids is 6. The van der Waals surface area contributed by atoms with Gasteiger partial charge in [-0.25, -0.2) is 0 Å². The van der Waals surface area contributed by atoms with Gasteiger partial charge in [-0.15, -0.1) is 0 Å². The van der Waals surface area contributed by atoms with Gasteiger partial charge in [-0.3, -0.25) is 28.8 Å². The van der Waals surface area contributed by atoms with Gasteiger partial charge in [-0.05, 0) is 89.9 Å². The molecule has 0 aliphatic carbocycles. The lowest BCUT2D eigenvalue weighted by atomic mass is 9.99. The van der Waals surface area contributed by atoms with Crippen LogP contribution in [0.1, 0.15) is 273 Å². The molecule has 0 aromatic carbocycles. The maximum atomic E-state index is 12.3. The summed E-state index contributed by atoms with van der Waals surface area (Å²) in [7, 11) is 0. The molecule has 12 heteroatoms. The van der Waals surface area contributed by atoms with Crippen LogP contribution < -0.4 is 0 Å². The van der Waals surface area contributed by atoms with Crippen molar-refractivity contribution in [2.75, 3.05) is 13.2 Å². The van der Waals surface area contributed by atoms with Gasteiger partial charge in [0.25, 0.3) is 0 Å². The average Bonchev–Trinajstić information content (AvgIpc) is 3.31. The molecule has 386 valence electrons. The van der Waals surface area contributed by atoms with E-state index in [4.69, 9.17) is 28.4 Å². The van der Waals surface area contributed by atoms with Gasteiger partial charge in [0.05, 0.1) is 13.2 Å². The molecule has 0 rings (SSSR count). The summed E-state index contributed by atoms with van der Waals surface area (Å²) in [6, 6.07) is 0. The Morgan fingerprint density at radius 2 is 0.500 bits per heavy atom. The van der Waals surface area contributed by atoms with E-state index in [2.05, 4.69) is 13.8 Å². The number of esters is 6. The van der Waals surface area contributed by atoms with Gasteiger partial charge in [0, 0.05) is 38.5 Å². The molecule has 12 nitrogen and oxygen atoms in total. The van der Waals surface area contributed by atoms with Gasteiger partial charge < -0.3 is 28.4 Å². The predicted octanol–water partition coefficient (Wildman–Crippen LogP) is 13.9. The molecule has 4 atom stereocenters. The minimum atomic E-state index is -0.431. The van der Waals surface area contributed by atoms with Crippen LogP contribution in [0.5, 0.6) is 0 Å². The van der Waals surface area contributed by atoms with Crippen LogP contribution in [-0.4, -0.2) is 73.4 Å². The van der Waals surface area contributed by atoms with E-state index in [0.717, 1.165) is 128 Å². The van der Waals surface area contributed by atoms with Crippen LogP contribution in [-0.2, 0) is 57.2 Å². The molecule has 0 saturated heterocycles. The van der Waals surface area contributed by atoms with Crippen molar-refractivity contribution in [3.8, 4) is 0 Å². The first-order valence-corrected chi connectivity index (χ1v) is 27.1. The van der Waals surface area contributed by atoms with Crippen molar-refractivity contribution in [2.24, 2.45) is 0 Å². The third kappa shape index (κ3) is 37.9. The minimum Gasteiger partial charge on any atom is -0.466 e. The zero-order valence-electron chi connectivity index (χ0n) is 43.1. The van der Waals surface area contributed by atoms with Crippen molar-refractivity contribution in [3.05, 3.63) is 0 Å². The van der Waals surface area contributed by atoms with Crippen molar-refractivity contribution in [2.45, 2.75) is 297 Å². The van der Waals surface area contributed by atoms with E-state index >= 15 is 0 Å². The number of rotatable bonds is 47. The summed E-state index contributed by atoms with van der Waals surface area (Å²) in [6.45, 7) is 12.3. The zero-order chi connectivity index (χ0) is 48.9. The maximum Gasteiger partial charge on any atom is 0.305 e. The molecule has 0 aliphatic rings. The monoisotopic (exact) mass is 939 g/mol. The Bertz CT molecular complexity index is 1130. The molecule has 0 aliphatic heterocycles. The first kappa shape index (κ1) is 62.8. The van der Waals surface area contributed by atoms with Crippen molar-refractivity contribution < 1.29 is 57.2 Å². The smallest absolute Gasteiger partial charge is 0.305 e. The zero-order valence-corrected chi connectivity index (χ0v) is 43.1. The van der Waals surface area contributed by atoms with Gasteiger partial charge >= 0.3 is 35.8 Å². The Balaban J connectivity index is 4.20. The largest absolute Gasteiger partial charge is 0.466 e. The van der Waals surface area contributed by atoms with Crippen molar-refractivity contribution in [3.63, 3.8) is 0 Å². The first-order valence-electron chi connectivity index (χ1n) is 27.1. The van der Waals surface area contributed by atoms with Gasteiger partial charge in [0.2, 0.25) is 0 Å². The highest BCUT2D eigenvalue weighted by atomic mass is 16.6. The quantitative estimate of drug-likeness (QED) is 0.0323. The van der Waals surface area contributed by atoms with Gasteiger partial charge in [-0.2, -0.15) is 0 Å². The first-order chi connectivity index (χ1) is 32.0. The second-order valence-corrected chi connectivity index (χ2v) is 18.1. The van der Waals surface area contributed by atoms with Crippen LogP contribution in [0, 0.1) is 0 Å². The normalized spacial score (nSPS) is 13.0. The molecule has 0 aromatic rings. The second kappa shape index (κ2) is 45.6. The number of carbonyl (C=O) groups is 6. The molecule has 0 bridgehead atoms. The standard InChI is InChI=1S/C54H98O12/c1-7-13-15-17-21-29-37-45(63-49(55)9-3)47(65-51(57)11-5)39-31-23-19-25-33-41-53(59)61-43-35-27-28-36-44-62-54(60)42-34-26-20-24-32-40-48(66-52(58)12-6)46(64-50(56)10-4)38-30-22-18-16-14-8-2/h45-48H,7-44H2,1-6H3. The van der Waals surface area contributed by atoms with Gasteiger partial charge in [-0.1, -0.05) is 144 Å². The predicted molar refractivity (Wildman–Crippen MR) is 262 cm³/mol. The van der Waals surface area contributed by atoms with Crippen molar-refractivity contribution >= 4 is 35.8 Å². The van der Waals surface area contributed by atoms with Crippen LogP contribution in [0.15, 0.2) is 0 Å². The molecule has 0 radical (unpaired) electrons. The number of hydrogen-bond acceptors (Lipinski definition) is 12. The second-order valence-electron chi connectivity index (χ2n) is 18.1. The molecule has 0 aromatic heterocycles. The number of hydrogen-bond donors (Lipinski definition) is 0. The third-order valence-corrected chi connectivity index (χ3v) is 12.1. The van der Waals surface area contributed by atoms with Crippen LogP contribution in [0.2, 0.25) is 0 Å². The van der Waals surface area contributed by atoms with E-state index in [0.29, 0.717) is 64.6 Å². The van der Waals surface area contributed by atoms with E-state index in [1.165, 1.54) is 38.5 Å². The lowest BCUT2D eigenvalue weighted by molar-refractivity contribution is -0.169. The number of ether oxygens (including phenoxy) is 6. The van der Waals surface area contributed by atoms with Gasteiger partial charge in [0.1, 0.15) is 24.4 Å². The molecule has 0 spiro atoms. The molecule has 0 heterocycles. The lowest BCUT2D eigenvalue weighted by Crippen LogP contribution is -2.35. The molecular weight excluding hydrogens is 841 g/mol. The molecule has 0 saturated carbocycles. The van der Waals surface area contributed by atoms with E-state index in [9.17, 15) is 28.8 Å². The fourth-order valence-corrected chi connectivity index (χ4v) is 7.91. The van der Waals surface area contributed by atoms with Gasteiger partial charge in [0.15, 0.2) is 0 Å². The third-order valence-electron chi connectivity index (χ3n) is 12.1. The summed E-state index contributed by atoms with van der Waals surface area (Å²) < 4.78 is 34.0. The van der Waals surface area contributed by atoms with Crippen molar-refractivity contribution in [1.29, 1.82) is 0 Å². The Labute approximate surface area is 402 Å². The van der Waals surface area contributed by atoms with Crippen LogP contribution in [0.25, 0.3) is 0 Å². The Kier molecular flexibility index (Phi) is 43.4.